The number of halogens is 2. The van der Waals surface area contributed by atoms with Gasteiger partial charge in [-0.15, -0.1) is 0 Å². The van der Waals surface area contributed by atoms with Crippen molar-refractivity contribution >= 4 is 5.69 Å². The molecule has 5 heteroatoms. The summed E-state index contributed by atoms with van der Waals surface area (Å²) in [6.45, 7) is 0.601. The molecule has 14 heavy (non-hydrogen) atoms. The number of ether oxygens (including phenoxy) is 2. The lowest BCUT2D eigenvalue weighted by Crippen LogP contribution is -2.06. The molecular formula is C9H11F2NO2. The average Bonchev–Trinajstić information content (AvgIpc) is 2.14. The highest BCUT2D eigenvalue weighted by atomic mass is 19.2. The Kier molecular flexibility index (Phi) is 3.64. The molecule has 0 saturated heterocycles. The molecule has 3 nitrogen and oxygen atoms in total. The van der Waals surface area contributed by atoms with Gasteiger partial charge in [-0.3, -0.25) is 0 Å². The summed E-state index contributed by atoms with van der Waals surface area (Å²) in [7, 11) is 1.51. The lowest BCUT2D eigenvalue weighted by atomic mass is 10.3. The summed E-state index contributed by atoms with van der Waals surface area (Å²) in [6.07, 6.45) is 0. The van der Waals surface area contributed by atoms with Crippen molar-refractivity contribution in [2.24, 2.45) is 0 Å². The molecule has 2 N–H and O–H groups in total. The molecule has 0 aliphatic carbocycles. The normalized spacial score (nSPS) is 10.2. The first-order valence-corrected chi connectivity index (χ1v) is 4.01. The topological polar surface area (TPSA) is 44.5 Å². The van der Waals surface area contributed by atoms with Gasteiger partial charge in [0.2, 0.25) is 0 Å². The first kappa shape index (κ1) is 10.7. The van der Waals surface area contributed by atoms with Gasteiger partial charge in [-0.25, -0.2) is 8.78 Å². The van der Waals surface area contributed by atoms with Crippen molar-refractivity contribution in [3.63, 3.8) is 0 Å². The van der Waals surface area contributed by atoms with E-state index in [1.807, 2.05) is 0 Å². The second-order valence-electron chi connectivity index (χ2n) is 2.65. The van der Waals surface area contributed by atoms with Gasteiger partial charge in [-0.05, 0) is 0 Å². The number of nitrogen functional groups attached to an aromatic ring is 1. The molecule has 1 aromatic carbocycles. The first-order valence-electron chi connectivity index (χ1n) is 4.01. The molecule has 0 aromatic heterocycles. The minimum absolute atomic E-state index is 0.0694. The molecule has 0 spiro atoms. The summed E-state index contributed by atoms with van der Waals surface area (Å²) in [4.78, 5) is 0. The fraction of sp³-hybridized carbons (Fsp3) is 0.333. The lowest BCUT2D eigenvalue weighted by Gasteiger charge is -2.08. The molecule has 0 atom stereocenters. The zero-order valence-corrected chi connectivity index (χ0v) is 7.72. The number of rotatable bonds is 4. The van der Waals surface area contributed by atoms with Gasteiger partial charge in [-0.1, -0.05) is 0 Å². The maximum atomic E-state index is 12.7. The van der Waals surface area contributed by atoms with E-state index in [4.69, 9.17) is 15.2 Å². The van der Waals surface area contributed by atoms with Crippen LogP contribution in [-0.4, -0.2) is 20.3 Å². The third-order valence-corrected chi connectivity index (χ3v) is 1.60. The third kappa shape index (κ3) is 2.56. The molecule has 0 fully saturated rings. The van der Waals surface area contributed by atoms with Crippen LogP contribution in [0.25, 0.3) is 0 Å². The van der Waals surface area contributed by atoms with Crippen LogP contribution < -0.4 is 10.5 Å². The van der Waals surface area contributed by atoms with Crippen LogP contribution in [0.15, 0.2) is 12.1 Å². The van der Waals surface area contributed by atoms with Gasteiger partial charge < -0.3 is 15.2 Å². The minimum Gasteiger partial charge on any atom is -0.489 e. The summed E-state index contributed by atoms with van der Waals surface area (Å²) in [5.74, 6) is -1.84. The molecule has 0 radical (unpaired) electrons. The number of anilines is 1. The second-order valence-corrected chi connectivity index (χ2v) is 2.65. The van der Waals surface area contributed by atoms with E-state index < -0.39 is 11.6 Å². The van der Waals surface area contributed by atoms with Crippen molar-refractivity contribution in [2.45, 2.75) is 0 Å². The average molecular weight is 203 g/mol. The Morgan fingerprint density at radius 2 is 1.86 bits per heavy atom. The van der Waals surface area contributed by atoms with Crippen LogP contribution in [0.2, 0.25) is 0 Å². The number of methoxy groups -OCH3 is 1. The Bertz CT molecular complexity index is 318. The molecule has 1 aromatic rings. The number of nitrogens with two attached hydrogens (primary N) is 1. The second kappa shape index (κ2) is 4.76. The minimum atomic E-state index is -0.985. The Balaban J connectivity index is 2.72. The van der Waals surface area contributed by atoms with Crippen LogP contribution in [0.1, 0.15) is 0 Å². The van der Waals surface area contributed by atoms with Crippen LogP contribution in [0.4, 0.5) is 14.5 Å². The Hall–Kier alpha value is -1.36. The summed E-state index contributed by atoms with van der Waals surface area (Å²) < 4.78 is 35.1. The van der Waals surface area contributed by atoms with Crippen LogP contribution >= 0.6 is 0 Å². The fourth-order valence-corrected chi connectivity index (χ4v) is 0.904. The maximum absolute atomic E-state index is 12.7. The molecule has 0 unspecified atom stereocenters. The number of benzene rings is 1. The highest BCUT2D eigenvalue weighted by Crippen LogP contribution is 2.24. The monoisotopic (exact) mass is 203 g/mol. The zero-order chi connectivity index (χ0) is 10.6. The van der Waals surface area contributed by atoms with Gasteiger partial charge >= 0.3 is 0 Å². The first-order chi connectivity index (χ1) is 6.65. The molecule has 0 bridgehead atoms. The van der Waals surface area contributed by atoms with E-state index in [1.165, 1.54) is 7.11 Å². The van der Waals surface area contributed by atoms with E-state index in [9.17, 15) is 8.78 Å². The van der Waals surface area contributed by atoms with Gasteiger partial charge in [0, 0.05) is 19.2 Å². The predicted octanol–water partition coefficient (Wildman–Crippen LogP) is 1.57. The number of hydrogen-bond donors (Lipinski definition) is 1. The Morgan fingerprint density at radius 1 is 1.21 bits per heavy atom. The molecular weight excluding hydrogens is 192 g/mol. The van der Waals surface area contributed by atoms with Crippen LogP contribution in [0, 0.1) is 11.6 Å². The van der Waals surface area contributed by atoms with E-state index in [2.05, 4.69) is 0 Å². The van der Waals surface area contributed by atoms with Crippen molar-refractivity contribution in [1.82, 2.24) is 0 Å². The van der Waals surface area contributed by atoms with Crippen LogP contribution in [0.5, 0.6) is 5.75 Å². The smallest absolute Gasteiger partial charge is 0.162 e. The van der Waals surface area contributed by atoms with Gasteiger partial charge in [-0.2, -0.15) is 0 Å². The third-order valence-electron chi connectivity index (χ3n) is 1.60. The van der Waals surface area contributed by atoms with E-state index in [-0.39, 0.29) is 18.0 Å². The van der Waals surface area contributed by atoms with Crippen molar-refractivity contribution in [2.75, 3.05) is 26.1 Å². The quantitative estimate of drug-likeness (QED) is 0.596. The van der Waals surface area contributed by atoms with Gasteiger partial charge in [0.15, 0.2) is 11.6 Å². The highest BCUT2D eigenvalue weighted by Gasteiger charge is 2.08. The summed E-state index contributed by atoms with van der Waals surface area (Å²) in [6, 6.07) is 1.80. The lowest BCUT2D eigenvalue weighted by molar-refractivity contribution is 0.146. The molecule has 0 saturated carbocycles. The van der Waals surface area contributed by atoms with Gasteiger partial charge in [0.05, 0.1) is 12.3 Å². The Labute approximate surface area is 80.4 Å². The molecule has 0 aliphatic heterocycles. The molecule has 1 rings (SSSR count). The van der Waals surface area contributed by atoms with E-state index in [1.54, 1.807) is 0 Å². The van der Waals surface area contributed by atoms with E-state index in [0.717, 1.165) is 12.1 Å². The number of hydrogen-bond acceptors (Lipinski definition) is 3. The fourth-order valence-electron chi connectivity index (χ4n) is 0.904. The summed E-state index contributed by atoms with van der Waals surface area (Å²) >= 11 is 0. The summed E-state index contributed by atoms with van der Waals surface area (Å²) in [5, 5.41) is 0. The molecule has 0 aliphatic rings. The zero-order valence-electron chi connectivity index (χ0n) is 7.72. The molecule has 0 heterocycles. The highest BCUT2D eigenvalue weighted by molar-refractivity contribution is 5.52. The molecule has 0 amide bonds. The van der Waals surface area contributed by atoms with Crippen molar-refractivity contribution in [1.29, 1.82) is 0 Å². The van der Waals surface area contributed by atoms with Gasteiger partial charge in [0.25, 0.3) is 0 Å². The van der Waals surface area contributed by atoms with E-state index in [0.29, 0.717) is 6.61 Å². The van der Waals surface area contributed by atoms with Crippen molar-refractivity contribution in [3.05, 3.63) is 23.8 Å². The van der Waals surface area contributed by atoms with Gasteiger partial charge in [0.1, 0.15) is 12.4 Å². The van der Waals surface area contributed by atoms with Crippen LogP contribution in [0.3, 0.4) is 0 Å². The largest absolute Gasteiger partial charge is 0.489 e. The van der Waals surface area contributed by atoms with Crippen molar-refractivity contribution < 1.29 is 18.3 Å². The SMILES string of the molecule is COCCOc1cc(F)c(F)cc1N. The predicted molar refractivity (Wildman–Crippen MR) is 48.1 cm³/mol. The van der Waals surface area contributed by atoms with Crippen LogP contribution in [-0.2, 0) is 4.74 Å². The standard InChI is InChI=1S/C9H11F2NO2/c1-13-2-3-14-9-5-7(11)6(10)4-8(9)12/h4-5H,2-3,12H2,1H3. The molecule has 78 valence electrons. The van der Waals surface area contributed by atoms with E-state index >= 15 is 0 Å². The van der Waals surface area contributed by atoms with Crippen molar-refractivity contribution in [3.8, 4) is 5.75 Å². The maximum Gasteiger partial charge on any atom is 0.162 e. The Morgan fingerprint density at radius 3 is 2.50 bits per heavy atom. The summed E-state index contributed by atoms with van der Waals surface area (Å²) in [5.41, 5.74) is 5.47.